The normalized spacial score (nSPS) is 10.1. The molecule has 2 aromatic rings. The number of tetrazole rings is 1. The summed E-state index contributed by atoms with van der Waals surface area (Å²) >= 11 is 0. The minimum Gasteiger partial charge on any atom is -0.495 e. The van der Waals surface area contributed by atoms with Crippen LogP contribution in [0.3, 0.4) is 0 Å². The number of nitrogens with two attached hydrogens (primary N) is 1. The van der Waals surface area contributed by atoms with Gasteiger partial charge < -0.3 is 10.5 Å². The molecule has 0 aliphatic carbocycles. The highest BCUT2D eigenvalue weighted by atomic mass is 16.5. The van der Waals surface area contributed by atoms with Crippen LogP contribution in [0.4, 0.5) is 5.69 Å². The first-order chi connectivity index (χ1) is 6.81. The van der Waals surface area contributed by atoms with Gasteiger partial charge in [0.05, 0.1) is 12.8 Å². The van der Waals surface area contributed by atoms with Gasteiger partial charge in [-0.1, -0.05) is 0 Å². The predicted molar refractivity (Wildman–Crippen MR) is 50.6 cm³/mol. The largest absolute Gasteiger partial charge is 0.495 e. The van der Waals surface area contributed by atoms with Crippen molar-refractivity contribution in [1.82, 2.24) is 20.6 Å². The molecule has 0 saturated carbocycles. The van der Waals surface area contributed by atoms with Crippen molar-refractivity contribution >= 4 is 5.69 Å². The van der Waals surface area contributed by atoms with Crippen LogP contribution >= 0.6 is 0 Å². The maximum atomic E-state index is 5.66. The Hall–Kier alpha value is -2.11. The van der Waals surface area contributed by atoms with Crippen molar-refractivity contribution in [3.05, 3.63) is 18.2 Å². The second-order valence-corrected chi connectivity index (χ2v) is 2.69. The molecule has 72 valence electrons. The van der Waals surface area contributed by atoms with E-state index in [0.29, 0.717) is 17.3 Å². The lowest BCUT2D eigenvalue weighted by Gasteiger charge is -2.04. The first-order valence-electron chi connectivity index (χ1n) is 3.98. The summed E-state index contributed by atoms with van der Waals surface area (Å²) in [4.78, 5) is 0. The van der Waals surface area contributed by atoms with Crippen molar-refractivity contribution < 1.29 is 4.74 Å². The number of methoxy groups -OCH3 is 1. The minimum absolute atomic E-state index is 0.517. The molecule has 0 bridgehead atoms. The number of rotatable bonds is 2. The fraction of sp³-hybridized carbons (Fsp3) is 0.125. The summed E-state index contributed by atoms with van der Waals surface area (Å²) in [5.74, 6) is 1.12. The van der Waals surface area contributed by atoms with E-state index in [0.717, 1.165) is 5.56 Å². The van der Waals surface area contributed by atoms with E-state index < -0.39 is 0 Å². The van der Waals surface area contributed by atoms with Crippen LogP contribution in [-0.2, 0) is 0 Å². The molecular weight excluding hydrogens is 182 g/mol. The van der Waals surface area contributed by atoms with E-state index in [9.17, 15) is 0 Å². The number of H-pyrrole nitrogens is 1. The fourth-order valence-corrected chi connectivity index (χ4v) is 1.13. The molecule has 0 fully saturated rings. The number of hydrogen-bond donors (Lipinski definition) is 2. The molecule has 1 aromatic heterocycles. The average Bonchev–Trinajstić information content (AvgIpc) is 2.71. The number of nitrogens with zero attached hydrogens (tertiary/aromatic N) is 3. The van der Waals surface area contributed by atoms with Crippen LogP contribution in [0, 0.1) is 0 Å². The van der Waals surface area contributed by atoms with Crippen LogP contribution in [0.1, 0.15) is 0 Å². The number of hydrogen-bond acceptors (Lipinski definition) is 5. The Kier molecular flexibility index (Phi) is 2.02. The molecule has 3 N–H and O–H groups in total. The van der Waals surface area contributed by atoms with Crippen LogP contribution in [-0.4, -0.2) is 27.7 Å². The van der Waals surface area contributed by atoms with Gasteiger partial charge >= 0.3 is 0 Å². The molecule has 6 heteroatoms. The van der Waals surface area contributed by atoms with E-state index in [1.165, 1.54) is 0 Å². The molecule has 0 radical (unpaired) electrons. The minimum atomic E-state index is 0.517. The summed E-state index contributed by atoms with van der Waals surface area (Å²) in [7, 11) is 1.56. The third kappa shape index (κ3) is 1.37. The van der Waals surface area contributed by atoms with E-state index in [1.807, 2.05) is 6.07 Å². The highest BCUT2D eigenvalue weighted by Gasteiger charge is 2.06. The lowest BCUT2D eigenvalue weighted by Crippen LogP contribution is -1.92. The van der Waals surface area contributed by atoms with Crippen LogP contribution in [0.5, 0.6) is 5.75 Å². The van der Waals surface area contributed by atoms with Crippen LogP contribution in [0.25, 0.3) is 11.4 Å². The Morgan fingerprint density at radius 3 is 2.93 bits per heavy atom. The Balaban J connectivity index is 2.46. The van der Waals surface area contributed by atoms with Gasteiger partial charge in [-0.3, -0.25) is 0 Å². The van der Waals surface area contributed by atoms with E-state index in [2.05, 4.69) is 20.6 Å². The Bertz CT molecular complexity index is 425. The molecule has 0 amide bonds. The van der Waals surface area contributed by atoms with Gasteiger partial charge in [0.2, 0.25) is 5.82 Å². The Labute approximate surface area is 80.1 Å². The van der Waals surface area contributed by atoms with Crippen molar-refractivity contribution in [2.45, 2.75) is 0 Å². The van der Waals surface area contributed by atoms with Gasteiger partial charge in [-0.25, -0.2) is 0 Å². The van der Waals surface area contributed by atoms with Gasteiger partial charge in [0.25, 0.3) is 0 Å². The van der Waals surface area contributed by atoms with Crippen molar-refractivity contribution in [1.29, 1.82) is 0 Å². The van der Waals surface area contributed by atoms with Gasteiger partial charge in [0, 0.05) is 5.56 Å². The average molecular weight is 191 g/mol. The van der Waals surface area contributed by atoms with E-state index in [-0.39, 0.29) is 0 Å². The molecule has 6 nitrogen and oxygen atoms in total. The molecule has 1 heterocycles. The van der Waals surface area contributed by atoms with Gasteiger partial charge in [-0.05, 0) is 23.4 Å². The lowest BCUT2D eigenvalue weighted by atomic mass is 10.2. The summed E-state index contributed by atoms with van der Waals surface area (Å²) in [6.07, 6.45) is 0. The number of aromatic amines is 1. The maximum Gasteiger partial charge on any atom is 0.204 e. The predicted octanol–water partition coefficient (Wildman–Crippen LogP) is 0.457. The summed E-state index contributed by atoms with van der Waals surface area (Å²) in [5, 5.41) is 13.5. The molecule has 2 rings (SSSR count). The third-order valence-corrected chi connectivity index (χ3v) is 1.84. The third-order valence-electron chi connectivity index (χ3n) is 1.84. The second-order valence-electron chi connectivity index (χ2n) is 2.69. The zero-order valence-electron chi connectivity index (χ0n) is 7.56. The van der Waals surface area contributed by atoms with Crippen molar-refractivity contribution in [2.75, 3.05) is 12.8 Å². The Morgan fingerprint density at radius 1 is 1.43 bits per heavy atom. The highest BCUT2D eigenvalue weighted by Crippen LogP contribution is 2.26. The summed E-state index contributed by atoms with van der Waals surface area (Å²) in [5.41, 5.74) is 7.06. The molecule has 0 spiro atoms. The first-order valence-corrected chi connectivity index (χ1v) is 3.98. The molecule has 0 saturated heterocycles. The number of nitrogen functional groups attached to an aromatic ring is 1. The molecule has 1 aromatic carbocycles. The molecule has 0 aliphatic rings. The van der Waals surface area contributed by atoms with E-state index in [1.54, 1.807) is 19.2 Å². The van der Waals surface area contributed by atoms with E-state index >= 15 is 0 Å². The van der Waals surface area contributed by atoms with Crippen LogP contribution in [0.2, 0.25) is 0 Å². The zero-order valence-corrected chi connectivity index (χ0v) is 7.56. The fourth-order valence-electron chi connectivity index (χ4n) is 1.13. The highest BCUT2D eigenvalue weighted by molar-refractivity contribution is 5.64. The monoisotopic (exact) mass is 191 g/mol. The van der Waals surface area contributed by atoms with Crippen LogP contribution in [0.15, 0.2) is 18.2 Å². The maximum absolute atomic E-state index is 5.66. The number of ether oxygens (including phenoxy) is 1. The molecule has 0 atom stereocenters. The van der Waals surface area contributed by atoms with Crippen molar-refractivity contribution in [3.8, 4) is 17.1 Å². The quantitative estimate of drug-likeness (QED) is 0.673. The summed E-state index contributed by atoms with van der Waals surface area (Å²) in [6.45, 7) is 0. The second kappa shape index (κ2) is 3.33. The molecular formula is C8H9N5O. The topological polar surface area (TPSA) is 89.7 Å². The molecule has 0 unspecified atom stereocenters. The van der Waals surface area contributed by atoms with Gasteiger partial charge in [0.15, 0.2) is 0 Å². The van der Waals surface area contributed by atoms with E-state index in [4.69, 9.17) is 10.5 Å². The van der Waals surface area contributed by atoms with Gasteiger partial charge in [-0.15, -0.1) is 10.2 Å². The summed E-state index contributed by atoms with van der Waals surface area (Å²) in [6, 6.07) is 5.31. The van der Waals surface area contributed by atoms with Gasteiger partial charge in [0.1, 0.15) is 5.75 Å². The van der Waals surface area contributed by atoms with Crippen molar-refractivity contribution in [3.63, 3.8) is 0 Å². The zero-order chi connectivity index (χ0) is 9.97. The van der Waals surface area contributed by atoms with Gasteiger partial charge in [-0.2, -0.15) is 5.21 Å². The SMILES string of the molecule is COc1cc(-c2nn[nH]n2)ccc1N. The number of nitrogens with one attached hydrogen (secondary N) is 1. The standard InChI is InChI=1S/C8H9N5O/c1-14-7-4-5(2-3-6(7)9)8-10-12-13-11-8/h2-4H,9H2,1H3,(H,10,11,12,13). The first kappa shape index (κ1) is 8.49. The number of anilines is 1. The Morgan fingerprint density at radius 2 is 2.29 bits per heavy atom. The number of aromatic nitrogens is 4. The number of benzene rings is 1. The van der Waals surface area contributed by atoms with Crippen LogP contribution < -0.4 is 10.5 Å². The summed E-state index contributed by atoms with van der Waals surface area (Å²) < 4.78 is 5.07. The molecule has 14 heavy (non-hydrogen) atoms. The smallest absolute Gasteiger partial charge is 0.204 e. The lowest BCUT2D eigenvalue weighted by molar-refractivity contribution is 0.417. The molecule has 0 aliphatic heterocycles. The van der Waals surface area contributed by atoms with Crippen molar-refractivity contribution in [2.24, 2.45) is 0 Å².